The van der Waals surface area contributed by atoms with E-state index < -0.39 is 0 Å². The highest BCUT2D eigenvalue weighted by Gasteiger charge is 2.10. The molecule has 2 rings (SSSR count). The van der Waals surface area contributed by atoms with Crippen LogP contribution in [0.5, 0.6) is 0 Å². The number of pyridine rings is 1. The van der Waals surface area contributed by atoms with Crippen molar-refractivity contribution in [1.82, 2.24) is 4.98 Å². The van der Waals surface area contributed by atoms with Crippen LogP contribution in [0.1, 0.15) is 30.7 Å². The Balaban J connectivity index is 0.000000845. The first-order valence-corrected chi connectivity index (χ1v) is 4.52. The fraction of sp³-hybridized carbons (Fsp3) is 0.364. The standard InChI is InChI=1S/C11H13N.ClH/c1-2-4-10(5-3-1)11-6-8-12-9-7-11;/h1-2,6-10H,3-5H2;1H. The summed E-state index contributed by atoms with van der Waals surface area (Å²) in [6.07, 6.45) is 12.0. The molecule has 0 radical (unpaired) electrons. The number of aromatic nitrogens is 1. The molecule has 0 aromatic carbocycles. The van der Waals surface area contributed by atoms with E-state index in [4.69, 9.17) is 0 Å². The molecule has 1 unspecified atom stereocenters. The quantitative estimate of drug-likeness (QED) is 0.627. The Kier molecular flexibility index (Phi) is 3.97. The summed E-state index contributed by atoms with van der Waals surface area (Å²) < 4.78 is 0. The molecule has 0 bridgehead atoms. The van der Waals surface area contributed by atoms with Crippen LogP contribution in [0, 0.1) is 0 Å². The fourth-order valence-electron chi connectivity index (χ4n) is 1.73. The van der Waals surface area contributed by atoms with Crippen molar-refractivity contribution >= 4 is 12.4 Å². The lowest BCUT2D eigenvalue weighted by molar-refractivity contribution is 0.616. The Labute approximate surface area is 85.3 Å². The van der Waals surface area contributed by atoms with Crippen LogP contribution in [0.3, 0.4) is 0 Å². The minimum atomic E-state index is 0. The van der Waals surface area contributed by atoms with Gasteiger partial charge < -0.3 is 0 Å². The fourth-order valence-corrected chi connectivity index (χ4v) is 1.73. The number of nitrogens with zero attached hydrogens (tertiary/aromatic N) is 1. The number of allylic oxidation sites excluding steroid dienone is 2. The van der Waals surface area contributed by atoms with E-state index in [0.717, 1.165) is 5.92 Å². The smallest absolute Gasteiger partial charge is 0.0270 e. The molecule has 2 heteroatoms. The summed E-state index contributed by atoms with van der Waals surface area (Å²) in [5.41, 5.74) is 1.44. The Hall–Kier alpha value is -0.820. The van der Waals surface area contributed by atoms with Crippen LogP contribution in [-0.4, -0.2) is 4.98 Å². The van der Waals surface area contributed by atoms with Gasteiger partial charge in [0.15, 0.2) is 0 Å². The third-order valence-electron chi connectivity index (χ3n) is 2.45. The Bertz CT molecular complexity index is 269. The van der Waals surface area contributed by atoms with Gasteiger partial charge in [-0.05, 0) is 42.9 Å². The van der Waals surface area contributed by atoms with Crippen LogP contribution in [0.15, 0.2) is 36.7 Å². The molecule has 1 atom stereocenters. The molecule has 0 aliphatic heterocycles. The summed E-state index contributed by atoms with van der Waals surface area (Å²) >= 11 is 0. The van der Waals surface area contributed by atoms with Gasteiger partial charge in [-0.2, -0.15) is 0 Å². The summed E-state index contributed by atoms with van der Waals surface area (Å²) in [7, 11) is 0. The molecule has 1 nitrogen and oxygen atoms in total. The average Bonchev–Trinajstić information content (AvgIpc) is 2.21. The highest BCUT2D eigenvalue weighted by Crippen LogP contribution is 2.28. The van der Waals surface area contributed by atoms with Crippen LogP contribution < -0.4 is 0 Å². The molecule has 0 N–H and O–H groups in total. The van der Waals surface area contributed by atoms with E-state index in [-0.39, 0.29) is 12.4 Å². The van der Waals surface area contributed by atoms with Gasteiger partial charge in [0.1, 0.15) is 0 Å². The zero-order valence-corrected chi connectivity index (χ0v) is 8.33. The number of halogens is 1. The van der Waals surface area contributed by atoms with Crippen molar-refractivity contribution in [2.75, 3.05) is 0 Å². The Morgan fingerprint density at radius 2 is 1.92 bits per heavy atom. The maximum absolute atomic E-state index is 4.02. The van der Waals surface area contributed by atoms with Crippen molar-refractivity contribution in [3.05, 3.63) is 42.2 Å². The number of hydrogen-bond acceptors (Lipinski definition) is 1. The lowest BCUT2D eigenvalue weighted by Crippen LogP contribution is -2.00. The van der Waals surface area contributed by atoms with E-state index in [1.807, 2.05) is 12.4 Å². The topological polar surface area (TPSA) is 12.9 Å². The lowest BCUT2D eigenvalue weighted by Gasteiger charge is -2.17. The summed E-state index contributed by atoms with van der Waals surface area (Å²) in [6.45, 7) is 0. The van der Waals surface area contributed by atoms with E-state index in [1.54, 1.807) is 0 Å². The first kappa shape index (κ1) is 10.3. The monoisotopic (exact) mass is 195 g/mol. The highest BCUT2D eigenvalue weighted by molar-refractivity contribution is 5.85. The normalized spacial score (nSPS) is 20.8. The minimum Gasteiger partial charge on any atom is -0.265 e. The third-order valence-corrected chi connectivity index (χ3v) is 2.45. The zero-order chi connectivity index (χ0) is 8.23. The molecule has 0 saturated heterocycles. The molecular formula is C11H14ClN. The summed E-state index contributed by atoms with van der Waals surface area (Å²) in [6, 6.07) is 4.26. The van der Waals surface area contributed by atoms with Gasteiger partial charge in [-0.3, -0.25) is 4.98 Å². The molecule has 1 aliphatic carbocycles. The molecule has 1 aromatic heterocycles. The van der Waals surface area contributed by atoms with E-state index in [9.17, 15) is 0 Å². The summed E-state index contributed by atoms with van der Waals surface area (Å²) in [5.74, 6) is 0.734. The first-order valence-electron chi connectivity index (χ1n) is 4.52. The molecule has 1 heterocycles. The second-order valence-corrected chi connectivity index (χ2v) is 3.26. The Morgan fingerprint density at radius 3 is 2.54 bits per heavy atom. The lowest BCUT2D eigenvalue weighted by atomic mass is 9.88. The maximum atomic E-state index is 4.02. The summed E-state index contributed by atoms with van der Waals surface area (Å²) in [4.78, 5) is 4.02. The van der Waals surface area contributed by atoms with Crippen molar-refractivity contribution < 1.29 is 0 Å². The van der Waals surface area contributed by atoms with Gasteiger partial charge in [0.05, 0.1) is 0 Å². The molecule has 0 fully saturated rings. The number of hydrogen-bond donors (Lipinski definition) is 0. The maximum Gasteiger partial charge on any atom is 0.0270 e. The van der Waals surface area contributed by atoms with Gasteiger partial charge in [-0.15, -0.1) is 12.4 Å². The van der Waals surface area contributed by atoms with Crippen LogP contribution in [-0.2, 0) is 0 Å². The van der Waals surface area contributed by atoms with Gasteiger partial charge in [0.25, 0.3) is 0 Å². The highest BCUT2D eigenvalue weighted by atomic mass is 35.5. The van der Waals surface area contributed by atoms with E-state index in [2.05, 4.69) is 29.3 Å². The van der Waals surface area contributed by atoms with Gasteiger partial charge in [0, 0.05) is 12.4 Å². The molecule has 13 heavy (non-hydrogen) atoms. The van der Waals surface area contributed by atoms with Crippen LogP contribution in [0.4, 0.5) is 0 Å². The van der Waals surface area contributed by atoms with E-state index in [1.165, 1.54) is 24.8 Å². The van der Waals surface area contributed by atoms with Gasteiger partial charge >= 0.3 is 0 Å². The van der Waals surface area contributed by atoms with E-state index >= 15 is 0 Å². The van der Waals surface area contributed by atoms with Gasteiger partial charge in [-0.1, -0.05) is 12.2 Å². The second-order valence-electron chi connectivity index (χ2n) is 3.26. The van der Waals surface area contributed by atoms with Crippen molar-refractivity contribution in [3.8, 4) is 0 Å². The molecule has 0 amide bonds. The molecular weight excluding hydrogens is 182 g/mol. The van der Waals surface area contributed by atoms with Crippen molar-refractivity contribution in [2.24, 2.45) is 0 Å². The predicted octanol–water partition coefficient (Wildman–Crippen LogP) is 3.33. The number of rotatable bonds is 1. The predicted molar refractivity (Wildman–Crippen MR) is 57.2 cm³/mol. The van der Waals surface area contributed by atoms with Gasteiger partial charge in [-0.25, -0.2) is 0 Å². The molecule has 70 valence electrons. The van der Waals surface area contributed by atoms with Crippen molar-refractivity contribution in [3.63, 3.8) is 0 Å². The summed E-state index contributed by atoms with van der Waals surface area (Å²) in [5, 5.41) is 0. The Morgan fingerprint density at radius 1 is 1.15 bits per heavy atom. The molecule has 1 aromatic rings. The molecule has 1 aliphatic rings. The third kappa shape index (κ3) is 2.56. The van der Waals surface area contributed by atoms with Crippen LogP contribution in [0.2, 0.25) is 0 Å². The zero-order valence-electron chi connectivity index (χ0n) is 7.52. The van der Waals surface area contributed by atoms with Crippen LogP contribution >= 0.6 is 12.4 Å². The van der Waals surface area contributed by atoms with Gasteiger partial charge in [0.2, 0.25) is 0 Å². The first-order chi connectivity index (χ1) is 5.97. The van der Waals surface area contributed by atoms with E-state index in [0.29, 0.717) is 0 Å². The van der Waals surface area contributed by atoms with Crippen molar-refractivity contribution in [2.45, 2.75) is 25.2 Å². The van der Waals surface area contributed by atoms with Crippen LogP contribution in [0.25, 0.3) is 0 Å². The largest absolute Gasteiger partial charge is 0.265 e. The average molecular weight is 196 g/mol. The molecule has 0 spiro atoms. The minimum absolute atomic E-state index is 0. The molecule has 0 saturated carbocycles. The second kappa shape index (κ2) is 5.03. The SMILES string of the molecule is C1=CCC(c2ccncc2)CC1.Cl. The van der Waals surface area contributed by atoms with Crippen molar-refractivity contribution in [1.29, 1.82) is 0 Å².